The molecular weight excluding hydrogens is 318 g/mol. The molecule has 0 bridgehead atoms. The number of nitrogens with zero attached hydrogens (tertiary/aromatic N) is 2. The van der Waals surface area contributed by atoms with E-state index in [9.17, 15) is 4.79 Å². The third kappa shape index (κ3) is 4.32. The van der Waals surface area contributed by atoms with Crippen LogP contribution in [0.25, 0.3) is 21.8 Å². The minimum atomic E-state index is 0.0223. The number of thiophene rings is 1. The molecule has 0 fully saturated rings. The SMILES string of the molecule is CCC.CN(C)C(=O)c1ccc(-c2cc(-c3ccccc3)n[nH]2)s1. The Labute approximate surface area is 147 Å². The van der Waals surface area contributed by atoms with Crippen molar-refractivity contribution in [2.24, 2.45) is 0 Å². The molecule has 0 saturated heterocycles. The fraction of sp³-hybridized carbons (Fsp3) is 0.263. The number of nitrogens with one attached hydrogen (secondary N) is 1. The summed E-state index contributed by atoms with van der Waals surface area (Å²) >= 11 is 1.47. The molecule has 5 heteroatoms. The van der Waals surface area contributed by atoms with E-state index in [0.29, 0.717) is 0 Å². The first-order valence-electron chi connectivity index (χ1n) is 7.99. The standard InChI is InChI=1S/C16H15N3OS.C3H8/c1-19(2)16(20)15-9-8-14(21-15)13-10-12(17-18-13)11-6-4-3-5-7-11;1-3-2/h3-10H,1-2H3,(H,17,18);3H2,1-2H3. The van der Waals surface area contributed by atoms with Crippen LogP contribution in [-0.2, 0) is 0 Å². The highest BCUT2D eigenvalue weighted by atomic mass is 32.1. The van der Waals surface area contributed by atoms with E-state index in [4.69, 9.17) is 0 Å². The van der Waals surface area contributed by atoms with Crippen LogP contribution < -0.4 is 0 Å². The molecule has 4 nitrogen and oxygen atoms in total. The van der Waals surface area contributed by atoms with Crippen LogP contribution in [0.1, 0.15) is 29.9 Å². The fourth-order valence-electron chi connectivity index (χ4n) is 2.02. The molecule has 0 aliphatic carbocycles. The summed E-state index contributed by atoms with van der Waals surface area (Å²) in [7, 11) is 3.51. The zero-order chi connectivity index (χ0) is 17.5. The van der Waals surface area contributed by atoms with Gasteiger partial charge < -0.3 is 4.90 Å². The lowest BCUT2D eigenvalue weighted by Crippen LogP contribution is -2.20. The van der Waals surface area contributed by atoms with Crippen LogP contribution >= 0.6 is 11.3 Å². The number of hydrogen-bond donors (Lipinski definition) is 1. The second-order valence-electron chi connectivity index (χ2n) is 5.60. The molecule has 3 aromatic rings. The first-order valence-corrected chi connectivity index (χ1v) is 8.81. The van der Waals surface area contributed by atoms with Crippen molar-refractivity contribution in [2.75, 3.05) is 14.1 Å². The molecule has 0 saturated carbocycles. The molecule has 0 atom stereocenters. The van der Waals surface area contributed by atoms with Gasteiger partial charge in [0.1, 0.15) is 0 Å². The minimum absolute atomic E-state index is 0.0223. The molecule has 126 valence electrons. The Morgan fingerprint density at radius 1 is 1.12 bits per heavy atom. The molecule has 0 unspecified atom stereocenters. The molecule has 0 aliphatic heterocycles. The Hall–Kier alpha value is -2.40. The fourth-order valence-corrected chi connectivity index (χ4v) is 3.02. The van der Waals surface area contributed by atoms with E-state index in [0.717, 1.165) is 26.7 Å². The molecule has 0 radical (unpaired) electrons. The molecule has 1 amide bonds. The topological polar surface area (TPSA) is 49.0 Å². The highest BCUT2D eigenvalue weighted by molar-refractivity contribution is 7.17. The second-order valence-corrected chi connectivity index (χ2v) is 6.69. The molecule has 1 N–H and O–H groups in total. The van der Waals surface area contributed by atoms with Gasteiger partial charge in [-0.15, -0.1) is 11.3 Å². The van der Waals surface area contributed by atoms with Gasteiger partial charge in [-0.2, -0.15) is 5.10 Å². The van der Waals surface area contributed by atoms with Crippen molar-refractivity contribution in [3.63, 3.8) is 0 Å². The molecule has 3 rings (SSSR count). The summed E-state index contributed by atoms with van der Waals surface area (Å²) in [6.45, 7) is 4.25. The summed E-state index contributed by atoms with van der Waals surface area (Å²) in [5, 5.41) is 7.38. The number of benzene rings is 1. The lowest BCUT2D eigenvalue weighted by molar-refractivity contribution is 0.0832. The lowest BCUT2D eigenvalue weighted by atomic mass is 10.1. The van der Waals surface area contributed by atoms with E-state index >= 15 is 0 Å². The summed E-state index contributed by atoms with van der Waals surface area (Å²) in [5.41, 5.74) is 2.90. The molecule has 2 heterocycles. The summed E-state index contributed by atoms with van der Waals surface area (Å²) in [6.07, 6.45) is 1.25. The summed E-state index contributed by atoms with van der Waals surface area (Å²) in [6, 6.07) is 15.8. The van der Waals surface area contributed by atoms with Crippen molar-refractivity contribution in [1.82, 2.24) is 15.1 Å². The van der Waals surface area contributed by atoms with E-state index in [1.807, 2.05) is 48.5 Å². The Balaban J connectivity index is 0.000000647. The zero-order valence-electron chi connectivity index (χ0n) is 14.5. The van der Waals surface area contributed by atoms with Crippen molar-refractivity contribution in [3.05, 3.63) is 53.4 Å². The number of aromatic amines is 1. The molecule has 2 aromatic heterocycles. The summed E-state index contributed by atoms with van der Waals surface area (Å²) < 4.78 is 0. The van der Waals surface area contributed by atoms with Crippen LogP contribution in [-0.4, -0.2) is 35.1 Å². The van der Waals surface area contributed by atoms with Crippen LogP contribution in [0.15, 0.2) is 48.5 Å². The maximum Gasteiger partial charge on any atom is 0.263 e. The predicted molar refractivity (Wildman–Crippen MR) is 101 cm³/mol. The van der Waals surface area contributed by atoms with E-state index in [1.54, 1.807) is 19.0 Å². The third-order valence-electron chi connectivity index (χ3n) is 3.14. The van der Waals surface area contributed by atoms with Gasteiger partial charge in [-0.1, -0.05) is 50.6 Å². The van der Waals surface area contributed by atoms with Crippen LogP contribution in [0.5, 0.6) is 0 Å². The summed E-state index contributed by atoms with van der Waals surface area (Å²) in [4.78, 5) is 15.2. The van der Waals surface area contributed by atoms with Crippen molar-refractivity contribution >= 4 is 17.2 Å². The quantitative estimate of drug-likeness (QED) is 0.735. The highest BCUT2D eigenvalue weighted by Gasteiger charge is 2.13. The molecular formula is C19H23N3OS. The maximum absolute atomic E-state index is 11.9. The van der Waals surface area contributed by atoms with Gasteiger partial charge in [-0.3, -0.25) is 9.89 Å². The number of H-pyrrole nitrogens is 1. The van der Waals surface area contributed by atoms with E-state index < -0.39 is 0 Å². The van der Waals surface area contributed by atoms with Crippen LogP contribution in [0.4, 0.5) is 0 Å². The lowest BCUT2D eigenvalue weighted by Gasteiger charge is -2.06. The van der Waals surface area contributed by atoms with Gasteiger partial charge in [0.2, 0.25) is 0 Å². The van der Waals surface area contributed by atoms with Gasteiger partial charge in [-0.25, -0.2) is 0 Å². The average Bonchev–Trinajstić information content (AvgIpc) is 3.25. The number of rotatable bonds is 3. The Morgan fingerprint density at radius 2 is 1.79 bits per heavy atom. The van der Waals surface area contributed by atoms with Crippen molar-refractivity contribution in [3.8, 4) is 21.8 Å². The van der Waals surface area contributed by atoms with Gasteiger partial charge in [0, 0.05) is 19.7 Å². The zero-order valence-corrected chi connectivity index (χ0v) is 15.4. The number of carbonyl (C=O) groups excluding carboxylic acids is 1. The van der Waals surface area contributed by atoms with Crippen molar-refractivity contribution in [1.29, 1.82) is 0 Å². The normalized spacial score (nSPS) is 10.0. The van der Waals surface area contributed by atoms with Crippen molar-refractivity contribution < 1.29 is 4.79 Å². The van der Waals surface area contributed by atoms with E-state index in [2.05, 4.69) is 24.0 Å². The Morgan fingerprint density at radius 3 is 2.42 bits per heavy atom. The van der Waals surface area contributed by atoms with Crippen LogP contribution in [0.2, 0.25) is 0 Å². The van der Waals surface area contributed by atoms with Crippen molar-refractivity contribution in [2.45, 2.75) is 20.3 Å². The number of amides is 1. The molecule has 24 heavy (non-hydrogen) atoms. The van der Waals surface area contributed by atoms with Gasteiger partial charge in [-0.05, 0) is 18.2 Å². The monoisotopic (exact) mass is 341 g/mol. The molecule has 1 aromatic carbocycles. The first kappa shape index (κ1) is 17.9. The largest absolute Gasteiger partial charge is 0.344 e. The van der Waals surface area contributed by atoms with Crippen LogP contribution in [0.3, 0.4) is 0 Å². The Bertz CT molecular complexity index is 775. The smallest absolute Gasteiger partial charge is 0.263 e. The summed E-state index contributed by atoms with van der Waals surface area (Å²) in [5.74, 6) is 0.0223. The van der Waals surface area contributed by atoms with Gasteiger partial charge >= 0.3 is 0 Å². The third-order valence-corrected chi connectivity index (χ3v) is 4.24. The Kier molecular flexibility index (Phi) is 6.32. The predicted octanol–water partition coefficient (Wildman–Crippen LogP) is 4.92. The average molecular weight is 341 g/mol. The number of carbonyl (C=O) groups is 1. The number of hydrogen-bond acceptors (Lipinski definition) is 3. The molecule has 0 aliphatic rings. The van der Waals surface area contributed by atoms with E-state index in [1.165, 1.54) is 17.8 Å². The van der Waals surface area contributed by atoms with Gasteiger partial charge in [0.05, 0.1) is 21.1 Å². The second kappa shape index (κ2) is 8.45. The van der Waals surface area contributed by atoms with Crippen LogP contribution in [0, 0.1) is 0 Å². The highest BCUT2D eigenvalue weighted by Crippen LogP contribution is 2.29. The first-order chi connectivity index (χ1) is 11.6. The van der Waals surface area contributed by atoms with E-state index in [-0.39, 0.29) is 5.91 Å². The minimum Gasteiger partial charge on any atom is -0.344 e. The number of aromatic nitrogens is 2. The van der Waals surface area contributed by atoms with Gasteiger partial charge in [0.15, 0.2) is 0 Å². The maximum atomic E-state index is 11.9. The molecule has 0 spiro atoms. The van der Waals surface area contributed by atoms with Gasteiger partial charge in [0.25, 0.3) is 5.91 Å².